The van der Waals surface area contributed by atoms with E-state index in [0.717, 1.165) is 19.3 Å². The van der Waals surface area contributed by atoms with Crippen molar-refractivity contribution in [3.63, 3.8) is 0 Å². The molecule has 0 fully saturated rings. The second-order valence-corrected chi connectivity index (χ2v) is 12.5. The molecule has 0 saturated heterocycles. The molecule has 2 atom stereocenters. The van der Waals surface area contributed by atoms with Gasteiger partial charge in [0.05, 0.1) is 0 Å². The second kappa shape index (κ2) is 23.7. The van der Waals surface area contributed by atoms with Crippen LogP contribution in [0.2, 0.25) is 0 Å². The largest absolute Gasteiger partial charge is 0.321 e. The second-order valence-electron chi connectivity index (χ2n) is 12.5. The molecule has 0 radical (unpaired) electrons. The van der Waals surface area contributed by atoms with Crippen molar-refractivity contribution in [2.45, 2.75) is 147 Å². The van der Waals surface area contributed by atoms with Crippen molar-refractivity contribution in [2.75, 3.05) is 0 Å². The van der Waals surface area contributed by atoms with Gasteiger partial charge in [0, 0.05) is 31.1 Å². The molecule has 2 unspecified atom stereocenters. The minimum atomic E-state index is 0. The molecule has 45 heavy (non-hydrogen) atoms. The van der Waals surface area contributed by atoms with Crippen LogP contribution < -0.4 is 0 Å². The van der Waals surface area contributed by atoms with E-state index in [0.29, 0.717) is 11.8 Å². The zero-order chi connectivity index (χ0) is 33.2. The van der Waals surface area contributed by atoms with Crippen molar-refractivity contribution in [3.05, 3.63) is 106 Å². The van der Waals surface area contributed by atoms with Crippen molar-refractivity contribution < 1.29 is 31.1 Å². The number of hydrogen-bond acceptors (Lipinski definition) is 0. The third kappa shape index (κ3) is 12.9. The maximum Gasteiger partial charge on any atom is 0 e. The molecule has 1 heteroatoms. The maximum absolute atomic E-state index is 4.35. The van der Waals surface area contributed by atoms with Gasteiger partial charge in [-0.15, -0.1) is 5.92 Å². The average molecular weight is 834 g/mol. The van der Waals surface area contributed by atoms with Gasteiger partial charge < -0.3 is 6.42 Å². The van der Waals surface area contributed by atoms with Gasteiger partial charge in [0.2, 0.25) is 0 Å². The molecule has 0 bridgehead atoms. The van der Waals surface area contributed by atoms with E-state index in [1.54, 1.807) is 5.56 Å². The molecule has 0 aliphatic rings. The van der Waals surface area contributed by atoms with E-state index in [1.807, 2.05) is 13.8 Å². The molecule has 0 N–H and O–H groups in total. The van der Waals surface area contributed by atoms with Crippen molar-refractivity contribution in [3.8, 4) is 0 Å². The van der Waals surface area contributed by atoms with Gasteiger partial charge >= 0.3 is 0 Å². The first-order chi connectivity index (χ1) is 21.1. The summed E-state index contributed by atoms with van der Waals surface area (Å²) in [4.78, 5) is 0. The number of aryl methyl sites for hydroxylation is 3. The third-order valence-electron chi connectivity index (χ3n) is 8.91. The van der Waals surface area contributed by atoms with Crippen LogP contribution in [0.4, 0.5) is 0 Å². The van der Waals surface area contributed by atoms with Crippen LogP contribution >= 0.6 is 0 Å². The number of allylic oxidation sites excluding steroid dienone is 3. The van der Waals surface area contributed by atoms with Crippen LogP contribution in [0.5, 0.6) is 0 Å². The summed E-state index contributed by atoms with van der Waals surface area (Å²) in [5, 5.41) is 2.77. The van der Waals surface area contributed by atoms with Crippen molar-refractivity contribution >= 4 is 16.3 Å². The van der Waals surface area contributed by atoms with Gasteiger partial charge in [0.1, 0.15) is 0 Å². The van der Waals surface area contributed by atoms with E-state index in [9.17, 15) is 0 Å². The van der Waals surface area contributed by atoms with E-state index >= 15 is 0 Å². The van der Waals surface area contributed by atoms with E-state index in [4.69, 9.17) is 0 Å². The fourth-order valence-electron chi connectivity index (χ4n) is 6.60. The fraction of sp³-hybridized carbons (Fsp3) is 0.523. The Morgan fingerprint density at radius 2 is 1.53 bits per heavy atom. The molecular formula is C44H67U-. The number of fused-ring (bicyclic) bond motifs is 1. The Labute approximate surface area is 304 Å². The SMILES string of the molecule is C=C(C)/C(C)=C(\CCCCc1cccc2cc(C)ccc12)c1ccc(C)c(C([CH-]CC)C(CC)CCC)c1C.CC.CCC.[U]. The summed E-state index contributed by atoms with van der Waals surface area (Å²) in [6.45, 7) is 30.9. The van der Waals surface area contributed by atoms with Crippen molar-refractivity contribution in [1.82, 2.24) is 0 Å². The Balaban J connectivity index is 0.00000304. The van der Waals surface area contributed by atoms with Gasteiger partial charge in [-0.25, -0.2) is 0 Å². The molecule has 0 saturated carbocycles. The average Bonchev–Trinajstić information content (AvgIpc) is 3.01. The summed E-state index contributed by atoms with van der Waals surface area (Å²) >= 11 is 0. The molecule has 0 aromatic heterocycles. The van der Waals surface area contributed by atoms with Gasteiger partial charge in [0.15, 0.2) is 0 Å². The summed E-state index contributed by atoms with van der Waals surface area (Å²) in [7, 11) is 0. The minimum absolute atomic E-state index is 0. The first-order valence-electron chi connectivity index (χ1n) is 17.9. The number of rotatable bonds is 14. The Kier molecular flexibility index (Phi) is 22.9. The van der Waals surface area contributed by atoms with E-state index in [-0.39, 0.29) is 31.1 Å². The van der Waals surface area contributed by atoms with Crippen LogP contribution in [0.1, 0.15) is 153 Å². The zero-order valence-electron chi connectivity index (χ0n) is 31.4. The van der Waals surface area contributed by atoms with Crippen LogP contribution in [0, 0.1) is 64.2 Å². The monoisotopic (exact) mass is 834 g/mol. The standard InChI is InChI=1S/C39H53.C3H8.C2H6.U/c1-10-16-32(12-3)38(17-11-2)39-29(7)23-25-36(31(39)9)35(30(8)27(4)5)21-14-13-18-33-19-15-20-34-26-28(6)22-24-37(33)34;1-3-2;1-2;/h15,17,19-20,22-26,32,38H,4,10-14,16,18,21H2,1-3,5-9H3;3H2,1-2H3;1-2H3;/q-1;;;/b35-30+;;;. The van der Waals surface area contributed by atoms with Crippen molar-refractivity contribution in [2.24, 2.45) is 5.92 Å². The van der Waals surface area contributed by atoms with E-state index in [1.165, 1.54) is 93.8 Å². The van der Waals surface area contributed by atoms with Gasteiger partial charge in [-0.1, -0.05) is 152 Å². The number of hydrogen-bond donors (Lipinski definition) is 0. The molecule has 0 aliphatic carbocycles. The Morgan fingerprint density at radius 1 is 0.867 bits per heavy atom. The van der Waals surface area contributed by atoms with Crippen LogP contribution in [-0.2, 0) is 6.42 Å². The van der Waals surface area contributed by atoms with Gasteiger partial charge in [-0.2, -0.15) is 6.42 Å². The summed E-state index contributed by atoms with van der Waals surface area (Å²) < 4.78 is 0. The first-order valence-corrected chi connectivity index (χ1v) is 17.9. The molecule has 0 aliphatic heterocycles. The van der Waals surface area contributed by atoms with Gasteiger partial charge in [-0.05, 0) is 104 Å². The Bertz CT molecular complexity index is 1310. The Morgan fingerprint density at radius 3 is 2.11 bits per heavy atom. The molecule has 0 spiro atoms. The topological polar surface area (TPSA) is 0 Å². The normalized spacial score (nSPS) is 12.5. The van der Waals surface area contributed by atoms with E-state index in [2.05, 4.69) is 131 Å². The quantitative estimate of drug-likeness (QED) is 0.0862. The first kappa shape index (κ1) is 43.5. The fourth-order valence-corrected chi connectivity index (χ4v) is 6.60. The molecule has 0 heterocycles. The summed E-state index contributed by atoms with van der Waals surface area (Å²) in [6.07, 6.45) is 13.3. The smallest absolute Gasteiger partial charge is 0 e. The molecular weight excluding hydrogens is 767 g/mol. The third-order valence-corrected chi connectivity index (χ3v) is 8.91. The molecule has 3 rings (SSSR count). The predicted molar refractivity (Wildman–Crippen MR) is 203 cm³/mol. The Hall–Kier alpha value is -1.55. The van der Waals surface area contributed by atoms with E-state index < -0.39 is 0 Å². The molecule has 0 amide bonds. The predicted octanol–water partition coefficient (Wildman–Crippen LogP) is 14.5. The molecule has 3 aromatic rings. The maximum atomic E-state index is 4.35. The molecule has 0 nitrogen and oxygen atoms in total. The van der Waals surface area contributed by atoms with Crippen LogP contribution in [-0.4, -0.2) is 0 Å². The number of benzene rings is 3. The van der Waals surface area contributed by atoms with Crippen LogP contribution in [0.25, 0.3) is 16.3 Å². The summed E-state index contributed by atoms with van der Waals surface area (Å²) in [6, 6.07) is 18.4. The molecule has 248 valence electrons. The van der Waals surface area contributed by atoms with Crippen LogP contribution in [0.3, 0.4) is 0 Å². The zero-order valence-corrected chi connectivity index (χ0v) is 35.6. The van der Waals surface area contributed by atoms with Crippen molar-refractivity contribution in [1.29, 1.82) is 0 Å². The van der Waals surface area contributed by atoms with Crippen LogP contribution in [0.15, 0.2) is 66.3 Å². The minimum Gasteiger partial charge on any atom is -0.321 e. The van der Waals surface area contributed by atoms with Gasteiger partial charge in [-0.3, -0.25) is 0 Å². The van der Waals surface area contributed by atoms with Gasteiger partial charge in [0.25, 0.3) is 0 Å². The number of unbranched alkanes of at least 4 members (excludes halogenated alkanes) is 1. The summed E-state index contributed by atoms with van der Waals surface area (Å²) in [5.74, 6) is 1.24. The molecule has 3 aromatic carbocycles. The summed E-state index contributed by atoms with van der Waals surface area (Å²) in [5.41, 5.74) is 12.8.